The van der Waals surface area contributed by atoms with Gasteiger partial charge in [0, 0.05) is 25.0 Å². The van der Waals surface area contributed by atoms with Crippen LogP contribution in [0.5, 0.6) is 0 Å². The fourth-order valence-electron chi connectivity index (χ4n) is 9.34. The molecule has 6 aromatic rings. The fraction of sp³-hybridized carbons (Fsp3) is 0.273. The van der Waals surface area contributed by atoms with Crippen LogP contribution in [0, 0.1) is 0 Å². The average Bonchev–Trinajstić information content (AvgIpc) is 3.86. The Morgan fingerprint density at radius 2 is 0.913 bits per heavy atom. The lowest BCUT2D eigenvalue weighted by atomic mass is 9.98. The first-order valence-electron chi connectivity index (χ1n) is 23.1. The summed E-state index contributed by atoms with van der Waals surface area (Å²) in [5, 5.41) is 37.4. The van der Waals surface area contributed by atoms with Gasteiger partial charge in [-0.25, -0.2) is 14.4 Å². The number of carboxylic acid groups (broad SMARTS) is 1. The summed E-state index contributed by atoms with van der Waals surface area (Å²) in [5.41, 5.74) is 8.84. The van der Waals surface area contributed by atoms with Gasteiger partial charge in [-0.1, -0.05) is 178 Å². The maximum Gasteiger partial charge on any atom is 0.407 e. The quantitative estimate of drug-likeness (QED) is 0.0413. The summed E-state index contributed by atoms with van der Waals surface area (Å²) in [5.74, 6) is -1.98. The number of nitrogens with one attached hydrogen (secondary N) is 3. The summed E-state index contributed by atoms with van der Waals surface area (Å²) in [7, 11) is -2.67. The average molecular weight is 950 g/mol. The summed E-state index contributed by atoms with van der Waals surface area (Å²) >= 11 is 0. The molecule has 2 unspecified atom stereocenters. The van der Waals surface area contributed by atoms with Crippen LogP contribution in [0.4, 0.5) is 9.59 Å². The number of aliphatic hydroxyl groups is 2. The van der Waals surface area contributed by atoms with E-state index in [1.807, 2.05) is 121 Å². The van der Waals surface area contributed by atoms with Crippen LogP contribution in [-0.4, -0.2) is 99.4 Å². The minimum Gasteiger partial charge on any atom is -0.480 e. The van der Waals surface area contributed by atoms with E-state index < -0.39 is 57.7 Å². The Labute approximate surface area is 403 Å². The second-order valence-electron chi connectivity index (χ2n) is 17.9. The number of carbonyl (C=O) groups excluding carboxylic acids is 3. The first-order valence-corrected chi connectivity index (χ1v) is 25.0. The largest absolute Gasteiger partial charge is 0.480 e. The van der Waals surface area contributed by atoms with Crippen LogP contribution in [0.3, 0.4) is 0 Å². The molecule has 13 nitrogen and oxygen atoms in total. The zero-order valence-corrected chi connectivity index (χ0v) is 40.0. The molecule has 0 aliphatic heterocycles. The number of rotatable bonds is 17. The highest BCUT2D eigenvalue weighted by atomic mass is 28.4. The molecule has 2 aliphatic carbocycles. The van der Waals surface area contributed by atoms with Gasteiger partial charge in [-0.05, 0) is 66.3 Å². The van der Waals surface area contributed by atoms with E-state index in [0.29, 0.717) is 19.6 Å². The number of carboxylic acids is 1. The molecule has 2 aliphatic rings. The summed E-state index contributed by atoms with van der Waals surface area (Å²) in [6.07, 6.45) is -1.04. The topological polar surface area (TPSA) is 193 Å². The van der Waals surface area contributed by atoms with Crippen molar-refractivity contribution in [2.75, 3.05) is 39.6 Å². The molecule has 0 saturated carbocycles. The third-order valence-corrected chi connectivity index (χ3v) is 17.6. The number of ether oxygens (including phenoxy) is 2. The number of aliphatic hydroxyl groups excluding tert-OH is 2. The third kappa shape index (κ3) is 11.3. The van der Waals surface area contributed by atoms with Gasteiger partial charge in [0.05, 0.1) is 13.2 Å². The van der Waals surface area contributed by atoms with Gasteiger partial charge >= 0.3 is 18.2 Å². The number of alkyl carbamates (subject to hydrolysis) is 2. The molecule has 0 saturated heterocycles. The van der Waals surface area contributed by atoms with Gasteiger partial charge in [0.1, 0.15) is 19.3 Å². The predicted molar refractivity (Wildman–Crippen MR) is 267 cm³/mol. The van der Waals surface area contributed by atoms with Crippen LogP contribution in [0.1, 0.15) is 61.3 Å². The van der Waals surface area contributed by atoms with Gasteiger partial charge < -0.3 is 45.2 Å². The van der Waals surface area contributed by atoms with Crippen molar-refractivity contribution in [3.05, 3.63) is 180 Å². The van der Waals surface area contributed by atoms with E-state index in [9.17, 15) is 24.3 Å². The van der Waals surface area contributed by atoms with Gasteiger partial charge in [0.2, 0.25) is 5.91 Å². The Bertz CT molecular complexity index is 2580. The molecular formula is C55H59N3O10Si. The number of aliphatic carboxylic acids is 1. The monoisotopic (exact) mass is 949 g/mol. The fourth-order valence-corrected chi connectivity index (χ4v) is 13.9. The standard InChI is InChI=1S/C37H42N2O5Si.C18H17NO5/c1-37(2,3)45(27-15-6-4-7-16-27,28-17-8-5-9-18-28)44-24-14-23-38-35(41)34(25-40)39-36(42)43-26-33-31-21-12-10-19-29(31)30-20-11-13-22-32(30)33;20-9-16(17(21)22)19-18(23)24-10-15-13-7-3-1-5-11(13)12-6-2-4-8-14(12)15/h4-13,15-22,33-34,40H,14,23-26H2,1-3H3,(H,38,41)(H,39,42);1-8,15-16,20H,9-10H2,(H,19,23)(H,21,22). The van der Waals surface area contributed by atoms with Crippen molar-refractivity contribution in [3.63, 3.8) is 0 Å². The lowest BCUT2D eigenvalue weighted by Crippen LogP contribution is -2.66. The van der Waals surface area contributed by atoms with Crippen LogP contribution in [0.25, 0.3) is 22.3 Å². The smallest absolute Gasteiger partial charge is 0.407 e. The minimum absolute atomic E-state index is 0.0949. The number of carbonyl (C=O) groups is 4. The molecule has 8 rings (SSSR count). The summed E-state index contributed by atoms with van der Waals surface area (Å²) in [6.45, 7) is 6.42. The maximum absolute atomic E-state index is 12.9. The second-order valence-corrected chi connectivity index (χ2v) is 22.2. The normalized spacial score (nSPS) is 13.5. The molecule has 0 bridgehead atoms. The first kappa shape index (κ1) is 49.8. The molecule has 3 amide bonds. The third-order valence-electron chi connectivity index (χ3n) is 12.6. The number of hydrogen-bond acceptors (Lipinski definition) is 9. The van der Waals surface area contributed by atoms with Gasteiger partial charge in [0.25, 0.3) is 8.32 Å². The Balaban J connectivity index is 0.000000246. The van der Waals surface area contributed by atoms with Gasteiger partial charge in [-0.3, -0.25) is 4.79 Å². The molecule has 0 fully saturated rings. The molecule has 0 radical (unpaired) electrons. The van der Waals surface area contributed by atoms with Gasteiger partial charge in [0.15, 0.2) is 6.04 Å². The van der Waals surface area contributed by atoms with Gasteiger partial charge in [-0.15, -0.1) is 0 Å². The second kappa shape index (κ2) is 22.8. The Kier molecular flexibility index (Phi) is 16.5. The Morgan fingerprint density at radius 1 is 0.551 bits per heavy atom. The van der Waals surface area contributed by atoms with Gasteiger partial charge in [-0.2, -0.15) is 0 Å². The van der Waals surface area contributed by atoms with Crippen molar-refractivity contribution in [2.24, 2.45) is 0 Å². The van der Waals surface area contributed by atoms with Crippen LogP contribution in [0.2, 0.25) is 5.04 Å². The maximum atomic E-state index is 12.9. The minimum atomic E-state index is -2.67. The number of benzene rings is 6. The van der Waals surface area contributed by atoms with E-state index in [1.54, 1.807) is 0 Å². The van der Waals surface area contributed by atoms with Crippen LogP contribution in [0.15, 0.2) is 158 Å². The number of amides is 3. The predicted octanol–water partition coefficient (Wildman–Crippen LogP) is 6.94. The van der Waals surface area contributed by atoms with E-state index in [1.165, 1.54) is 10.4 Å². The number of fused-ring (bicyclic) bond motifs is 6. The highest BCUT2D eigenvalue weighted by Gasteiger charge is 2.50. The summed E-state index contributed by atoms with van der Waals surface area (Å²) < 4.78 is 17.6. The van der Waals surface area contributed by atoms with Crippen LogP contribution in [-0.2, 0) is 23.5 Å². The molecule has 358 valence electrons. The van der Waals surface area contributed by atoms with Crippen molar-refractivity contribution in [1.82, 2.24) is 16.0 Å². The van der Waals surface area contributed by atoms with E-state index in [4.69, 9.17) is 24.1 Å². The van der Waals surface area contributed by atoms with Crippen molar-refractivity contribution in [2.45, 2.75) is 56.1 Å². The summed E-state index contributed by atoms with van der Waals surface area (Å²) in [4.78, 5) is 48.2. The van der Waals surface area contributed by atoms with E-state index in [2.05, 4.69) is 73.1 Å². The molecule has 6 N–H and O–H groups in total. The molecule has 2 atom stereocenters. The van der Waals surface area contributed by atoms with E-state index in [0.717, 1.165) is 44.5 Å². The Hall–Kier alpha value is -7.10. The van der Waals surface area contributed by atoms with Crippen molar-refractivity contribution >= 4 is 42.8 Å². The number of hydrogen-bond donors (Lipinski definition) is 6. The van der Waals surface area contributed by atoms with E-state index >= 15 is 0 Å². The zero-order valence-electron chi connectivity index (χ0n) is 39.0. The SMILES string of the molecule is CC(C)(C)[Si](OCCCNC(=O)C(CO)NC(=O)OCC1c2ccccc2-c2ccccc21)(c1ccccc1)c1ccccc1.O=C(NC(CO)C(=O)O)OCC1c2ccccc2-c2ccccc21. The van der Waals surface area contributed by atoms with Crippen molar-refractivity contribution in [3.8, 4) is 22.3 Å². The zero-order chi connectivity index (χ0) is 49.0. The molecule has 0 heterocycles. The van der Waals surface area contributed by atoms with Crippen molar-refractivity contribution < 1.29 is 48.4 Å². The molecule has 6 aromatic carbocycles. The van der Waals surface area contributed by atoms with Crippen LogP contribution >= 0.6 is 0 Å². The lowest BCUT2D eigenvalue weighted by molar-refractivity contribution is -0.140. The molecule has 0 spiro atoms. The molecule has 69 heavy (non-hydrogen) atoms. The van der Waals surface area contributed by atoms with Crippen molar-refractivity contribution in [1.29, 1.82) is 0 Å². The lowest BCUT2D eigenvalue weighted by Gasteiger charge is -2.43. The molecule has 14 heteroatoms. The molecular weight excluding hydrogens is 891 g/mol. The first-order chi connectivity index (χ1) is 33.4. The Morgan fingerprint density at radius 3 is 1.28 bits per heavy atom. The highest BCUT2D eigenvalue weighted by molar-refractivity contribution is 6.99. The summed E-state index contributed by atoms with van der Waals surface area (Å²) in [6, 6.07) is 50.3. The highest BCUT2D eigenvalue weighted by Crippen LogP contribution is 2.46. The molecule has 0 aromatic heterocycles. The van der Waals surface area contributed by atoms with Crippen LogP contribution < -0.4 is 26.3 Å². The van der Waals surface area contributed by atoms with E-state index in [-0.39, 0.29) is 30.1 Å².